The fourth-order valence-electron chi connectivity index (χ4n) is 0.915. The van der Waals surface area contributed by atoms with Gasteiger partial charge in [0, 0.05) is 13.2 Å². The van der Waals surface area contributed by atoms with Gasteiger partial charge in [0.25, 0.3) is 0 Å². The van der Waals surface area contributed by atoms with Crippen molar-refractivity contribution in [2.45, 2.75) is 25.0 Å². The molecule has 11 heteroatoms. The van der Waals surface area contributed by atoms with Crippen molar-refractivity contribution < 1.29 is 46.4 Å². The van der Waals surface area contributed by atoms with Gasteiger partial charge in [0.15, 0.2) is 0 Å². The number of aliphatic hydroxyl groups is 4. The Morgan fingerprint density at radius 3 is 1.35 bits per heavy atom. The van der Waals surface area contributed by atoms with Gasteiger partial charge in [-0.05, 0) is 25.9 Å². The van der Waals surface area contributed by atoms with Crippen molar-refractivity contribution in [2.75, 3.05) is 52.7 Å². The molecule has 0 aliphatic carbocycles. The SMILES string of the molecule is NCCCOCC(O)CO.NCCCOCC(O)CO.[Cl][Pt+2][Cl]. The standard InChI is InChI=1S/2C6H15NO3.2ClH.Pt/c2*7-2-1-3-10-5-6(9)4-8;;;/h2*6,8-9H,1-5,7H2;2*1H;/q;;;;+4/p-2. The van der Waals surface area contributed by atoms with Crippen molar-refractivity contribution in [3.8, 4) is 0 Å². The van der Waals surface area contributed by atoms with Crippen molar-refractivity contribution in [1.29, 1.82) is 0 Å². The molecular formula is C12H30Cl2N2O6Pt+2. The van der Waals surface area contributed by atoms with Crippen LogP contribution in [0, 0.1) is 0 Å². The molecule has 0 aliphatic heterocycles. The third-order valence-corrected chi connectivity index (χ3v) is 2.03. The topological polar surface area (TPSA) is 151 Å². The maximum atomic E-state index is 8.75. The predicted octanol–water partition coefficient (Wildman–Crippen LogP) is -1.21. The number of halogens is 2. The minimum atomic E-state index is -0.752. The summed E-state index contributed by atoms with van der Waals surface area (Å²) in [6.45, 7) is 2.17. The quantitative estimate of drug-likeness (QED) is 0.162. The molecule has 0 saturated carbocycles. The molecule has 0 aromatic carbocycles. The molecule has 0 aliphatic rings. The van der Waals surface area contributed by atoms with E-state index in [9.17, 15) is 0 Å². The van der Waals surface area contributed by atoms with Crippen molar-refractivity contribution in [2.24, 2.45) is 11.5 Å². The van der Waals surface area contributed by atoms with Gasteiger partial charge in [-0.25, -0.2) is 0 Å². The normalized spacial score (nSPS) is 12.7. The van der Waals surface area contributed by atoms with E-state index in [0.717, 1.165) is 12.8 Å². The van der Waals surface area contributed by atoms with Crippen molar-refractivity contribution >= 4 is 18.8 Å². The Balaban J connectivity index is -0.000000297. The van der Waals surface area contributed by atoms with Crippen LogP contribution in [0.3, 0.4) is 0 Å². The fraction of sp³-hybridized carbons (Fsp3) is 1.00. The number of aliphatic hydroxyl groups excluding tert-OH is 4. The summed E-state index contributed by atoms with van der Waals surface area (Å²) in [6, 6.07) is 0. The van der Waals surface area contributed by atoms with Crippen LogP contribution in [0.25, 0.3) is 0 Å². The van der Waals surface area contributed by atoms with Crippen LogP contribution in [0.1, 0.15) is 12.8 Å². The monoisotopic (exact) mass is 563 g/mol. The molecule has 146 valence electrons. The van der Waals surface area contributed by atoms with Gasteiger partial charge in [-0.1, -0.05) is 0 Å². The van der Waals surface area contributed by atoms with Crippen LogP contribution < -0.4 is 11.5 Å². The molecule has 0 radical (unpaired) electrons. The zero-order chi connectivity index (χ0) is 18.3. The maximum absolute atomic E-state index is 8.75. The van der Waals surface area contributed by atoms with Crippen LogP contribution in [-0.4, -0.2) is 85.4 Å². The molecule has 0 fully saturated rings. The van der Waals surface area contributed by atoms with Crippen molar-refractivity contribution in [3.63, 3.8) is 0 Å². The Labute approximate surface area is 154 Å². The zero-order valence-electron chi connectivity index (χ0n) is 13.1. The average molecular weight is 564 g/mol. The average Bonchev–Trinajstić information content (AvgIpc) is 2.56. The first-order valence-electron chi connectivity index (χ1n) is 6.99. The van der Waals surface area contributed by atoms with Gasteiger partial charge in [-0.2, -0.15) is 0 Å². The van der Waals surface area contributed by atoms with E-state index < -0.39 is 28.7 Å². The van der Waals surface area contributed by atoms with Crippen LogP contribution in [0.4, 0.5) is 0 Å². The van der Waals surface area contributed by atoms with Gasteiger partial charge >= 0.3 is 35.3 Å². The molecule has 0 heterocycles. The van der Waals surface area contributed by atoms with Crippen LogP contribution in [0.5, 0.6) is 0 Å². The molecular weight excluding hydrogens is 534 g/mol. The van der Waals surface area contributed by atoms with Crippen molar-refractivity contribution in [3.05, 3.63) is 0 Å². The molecule has 2 atom stereocenters. The first-order valence-corrected chi connectivity index (χ1v) is 12.6. The van der Waals surface area contributed by atoms with E-state index in [1.165, 1.54) is 0 Å². The summed E-state index contributed by atoms with van der Waals surface area (Å²) in [7, 11) is 9.75. The summed E-state index contributed by atoms with van der Waals surface area (Å²) in [6.07, 6.45) is 0.0755. The summed E-state index contributed by atoms with van der Waals surface area (Å²) >= 11 is -0.472. The summed E-state index contributed by atoms with van der Waals surface area (Å²) in [5.74, 6) is 0. The fourth-order valence-corrected chi connectivity index (χ4v) is 0.915. The van der Waals surface area contributed by atoms with Gasteiger partial charge in [-0.15, -0.1) is 0 Å². The first kappa shape index (κ1) is 28.7. The zero-order valence-corrected chi connectivity index (χ0v) is 16.8. The molecule has 0 amide bonds. The van der Waals surface area contributed by atoms with E-state index in [1.807, 2.05) is 0 Å². The molecule has 8 N–H and O–H groups in total. The third kappa shape index (κ3) is 35.1. The van der Waals surface area contributed by atoms with Gasteiger partial charge in [-0.3, -0.25) is 0 Å². The van der Waals surface area contributed by atoms with Gasteiger partial charge < -0.3 is 41.4 Å². The van der Waals surface area contributed by atoms with E-state index in [1.54, 1.807) is 0 Å². The summed E-state index contributed by atoms with van der Waals surface area (Å²) in [5.41, 5.74) is 10.4. The molecule has 2 unspecified atom stereocenters. The van der Waals surface area contributed by atoms with Gasteiger partial charge in [0.05, 0.1) is 26.4 Å². The summed E-state index contributed by atoms with van der Waals surface area (Å²) < 4.78 is 9.87. The summed E-state index contributed by atoms with van der Waals surface area (Å²) in [5, 5.41) is 34.2. The van der Waals surface area contributed by atoms with Gasteiger partial charge in [0.2, 0.25) is 0 Å². The molecule has 0 aromatic rings. The number of ether oxygens (including phenoxy) is 2. The van der Waals surface area contributed by atoms with E-state index in [-0.39, 0.29) is 26.4 Å². The van der Waals surface area contributed by atoms with E-state index in [4.69, 9.17) is 60.2 Å². The second-order valence-electron chi connectivity index (χ2n) is 4.15. The van der Waals surface area contributed by atoms with Crippen molar-refractivity contribution in [1.82, 2.24) is 0 Å². The van der Waals surface area contributed by atoms with E-state index in [2.05, 4.69) is 0 Å². The summed E-state index contributed by atoms with van der Waals surface area (Å²) in [4.78, 5) is 0. The number of hydrogen-bond donors (Lipinski definition) is 6. The molecule has 0 aromatic heterocycles. The van der Waals surface area contributed by atoms with Crippen LogP contribution >= 0.6 is 18.8 Å². The Morgan fingerprint density at radius 2 is 1.13 bits per heavy atom. The van der Waals surface area contributed by atoms with Gasteiger partial charge in [0.1, 0.15) is 12.2 Å². The third-order valence-electron chi connectivity index (χ3n) is 2.03. The Bertz CT molecular complexity index is 185. The predicted molar refractivity (Wildman–Crippen MR) is 86.9 cm³/mol. The molecule has 0 spiro atoms. The van der Waals surface area contributed by atoms with E-state index in [0.29, 0.717) is 26.3 Å². The second kappa shape index (κ2) is 27.8. The molecule has 0 bridgehead atoms. The minimum absolute atomic E-state index is 0.191. The number of nitrogens with two attached hydrogens (primary N) is 2. The molecule has 0 saturated heterocycles. The molecule has 0 rings (SSSR count). The molecule has 23 heavy (non-hydrogen) atoms. The second-order valence-corrected chi connectivity index (χ2v) is 7.44. The Hall–Kier alpha value is 0.948. The first-order chi connectivity index (χ1) is 11.0. The number of hydrogen-bond acceptors (Lipinski definition) is 8. The Morgan fingerprint density at radius 1 is 0.826 bits per heavy atom. The molecule has 8 nitrogen and oxygen atoms in total. The van der Waals surface area contributed by atoms with Crippen LogP contribution in [0.2, 0.25) is 0 Å². The van der Waals surface area contributed by atoms with E-state index >= 15 is 0 Å². The Kier molecular flexibility index (Phi) is 34.7. The van der Waals surface area contributed by atoms with Crippen LogP contribution in [-0.2, 0) is 26.0 Å². The van der Waals surface area contributed by atoms with Crippen LogP contribution in [0.15, 0.2) is 0 Å². The number of rotatable bonds is 12.